The summed E-state index contributed by atoms with van der Waals surface area (Å²) in [5.74, 6) is 0.287. The second-order valence-corrected chi connectivity index (χ2v) is 8.83. The van der Waals surface area contributed by atoms with Crippen LogP contribution in [0.25, 0.3) is 0 Å². The molecule has 1 aliphatic rings. The van der Waals surface area contributed by atoms with Crippen LogP contribution in [0.1, 0.15) is 31.3 Å². The van der Waals surface area contributed by atoms with E-state index in [0.717, 1.165) is 11.9 Å². The molecule has 0 spiro atoms. The topological polar surface area (TPSA) is 93.5 Å². The highest BCUT2D eigenvalue weighted by Gasteiger charge is 2.40. The van der Waals surface area contributed by atoms with Gasteiger partial charge in [-0.3, -0.25) is 4.79 Å². The maximum atomic E-state index is 13.0. The standard InChI is InChI=1S/C18H24N4O4S/c1-12(2)26-14-7-5-13(6-8-14)20-18(23)17-16-15(19-11-21(16)3)9-10-22(17)27(4,24)25/h5-8,11-12,17H,9-10H2,1-4H3,(H,20,23). The van der Waals surface area contributed by atoms with Gasteiger partial charge in [0.05, 0.1) is 30.1 Å². The number of fused-ring (bicyclic) bond motifs is 1. The van der Waals surface area contributed by atoms with E-state index in [1.807, 2.05) is 13.8 Å². The molecule has 1 N–H and O–H groups in total. The molecule has 2 heterocycles. The molecule has 1 atom stereocenters. The monoisotopic (exact) mass is 392 g/mol. The normalized spacial score (nSPS) is 17.6. The molecule has 146 valence electrons. The molecule has 0 radical (unpaired) electrons. The minimum absolute atomic E-state index is 0.0549. The number of benzene rings is 1. The highest BCUT2D eigenvalue weighted by atomic mass is 32.2. The molecule has 1 amide bonds. The van der Waals surface area contributed by atoms with Crippen molar-refractivity contribution in [3.05, 3.63) is 42.0 Å². The van der Waals surface area contributed by atoms with E-state index >= 15 is 0 Å². The fraction of sp³-hybridized carbons (Fsp3) is 0.444. The van der Waals surface area contributed by atoms with Crippen molar-refractivity contribution >= 4 is 21.6 Å². The summed E-state index contributed by atoms with van der Waals surface area (Å²) in [6, 6.07) is 6.03. The molecule has 3 rings (SSSR count). The van der Waals surface area contributed by atoms with Gasteiger partial charge in [-0.1, -0.05) is 0 Å². The predicted octanol–water partition coefficient (Wildman–Crippen LogP) is 1.70. The van der Waals surface area contributed by atoms with Gasteiger partial charge in [-0.05, 0) is 38.1 Å². The summed E-state index contributed by atoms with van der Waals surface area (Å²) in [5.41, 5.74) is 1.92. The zero-order valence-corrected chi connectivity index (χ0v) is 16.7. The maximum absolute atomic E-state index is 13.0. The number of carbonyl (C=O) groups excluding carboxylic acids is 1. The van der Waals surface area contributed by atoms with Crippen molar-refractivity contribution in [3.8, 4) is 5.75 Å². The number of amides is 1. The smallest absolute Gasteiger partial charge is 0.248 e. The van der Waals surface area contributed by atoms with E-state index in [1.165, 1.54) is 4.31 Å². The van der Waals surface area contributed by atoms with E-state index in [2.05, 4.69) is 10.3 Å². The Balaban J connectivity index is 1.87. The summed E-state index contributed by atoms with van der Waals surface area (Å²) in [4.78, 5) is 17.3. The fourth-order valence-corrected chi connectivity index (χ4v) is 4.23. The van der Waals surface area contributed by atoms with Crippen LogP contribution < -0.4 is 10.1 Å². The van der Waals surface area contributed by atoms with Gasteiger partial charge in [0.2, 0.25) is 15.9 Å². The SMILES string of the molecule is CC(C)Oc1ccc(NC(=O)C2c3c(ncn3C)CCN2S(C)(=O)=O)cc1. The van der Waals surface area contributed by atoms with Crippen LogP contribution in [0.2, 0.25) is 0 Å². The first-order chi connectivity index (χ1) is 12.7. The fourth-order valence-electron chi connectivity index (χ4n) is 3.22. The third kappa shape index (κ3) is 4.14. The Morgan fingerprint density at radius 1 is 1.30 bits per heavy atom. The molecule has 1 aromatic heterocycles. The first kappa shape index (κ1) is 19.4. The van der Waals surface area contributed by atoms with Crippen molar-refractivity contribution in [2.24, 2.45) is 7.05 Å². The first-order valence-corrected chi connectivity index (χ1v) is 10.6. The molecular weight excluding hydrogens is 368 g/mol. The Labute approximate surface area is 159 Å². The molecular formula is C18H24N4O4S. The highest BCUT2D eigenvalue weighted by molar-refractivity contribution is 7.88. The van der Waals surface area contributed by atoms with Gasteiger partial charge in [-0.25, -0.2) is 13.4 Å². The van der Waals surface area contributed by atoms with Gasteiger partial charge in [-0.2, -0.15) is 4.31 Å². The number of anilines is 1. The van der Waals surface area contributed by atoms with Crippen molar-refractivity contribution in [2.45, 2.75) is 32.4 Å². The number of aryl methyl sites for hydroxylation is 1. The van der Waals surface area contributed by atoms with E-state index in [9.17, 15) is 13.2 Å². The van der Waals surface area contributed by atoms with Crippen molar-refractivity contribution in [3.63, 3.8) is 0 Å². The zero-order valence-electron chi connectivity index (χ0n) is 15.8. The Hall–Kier alpha value is -2.39. The van der Waals surface area contributed by atoms with Crippen LogP contribution in [0.4, 0.5) is 5.69 Å². The number of rotatable bonds is 5. The number of carbonyl (C=O) groups is 1. The van der Waals surface area contributed by atoms with Gasteiger partial charge < -0.3 is 14.6 Å². The third-order valence-electron chi connectivity index (χ3n) is 4.35. The Bertz CT molecular complexity index is 935. The number of nitrogens with zero attached hydrogens (tertiary/aromatic N) is 3. The van der Waals surface area contributed by atoms with Gasteiger partial charge in [0.25, 0.3) is 0 Å². The zero-order chi connectivity index (χ0) is 19.8. The molecule has 8 nitrogen and oxygen atoms in total. The van der Waals surface area contributed by atoms with E-state index < -0.39 is 22.0 Å². The van der Waals surface area contributed by atoms with Gasteiger partial charge in [-0.15, -0.1) is 0 Å². The minimum Gasteiger partial charge on any atom is -0.491 e. The molecule has 0 fully saturated rings. The van der Waals surface area contributed by atoms with Crippen LogP contribution in [-0.4, -0.2) is 47.1 Å². The number of ether oxygens (including phenoxy) is 1. The number of hydrogen-bond acceptors (Lipinski definition) is 5. The second kappa shape index (κ2) is 7.32. The van der Waals surface area contributed by atoms with Crippen LogP contribution in [0.5, 0.6) is 5.75 Å². The lowest BCUT2D eigenvalue weighted by atomic mass is 10.0. The summed E-state index contributed by atoms with van der Waals surface area (Å²) in [5, 5.41) is 2.81. The van der Waals surface area contributed by atoms with Crippen LogP contribution in [0.15, 0.2) is 30.6 Å². The molecule has 1 aromatic carbocycles. The van der Waals surface area contributed by atoms with Crippen LogP contribution in [0, 0.1) is 0 Å². The summed E-state index contributed by atoms with van der Waals surface area (Å²) in [6.07, 6.45) is 3.26. The molecule has 9 heteroatoms. The number of hydrogen-bond donors (Lipinski definition) is 1. The quantitative estimate of drug-likeness (QED) is 0.836. The molecule has 0 saturated heterocycles. The van der Waals surface area contributed by atoms with E-state index in [4.69, 9.17) is 4.74 Å². The molecule has 0 aliphatic carbocycles. The lowest BCUT2D eigenvalue weighted by molar-refractivity contribution is -0.120. The van der Waals surface area contributed by atoms with Gasteiger partial charge in [0.15, 0.2) is 0 Å². The molecule has 0 bridgehead atoms. The minimum atomic E-state index is -3.56. The molecule has 1 aliphatic heterocycles. The summed E-state index contributed by atoms with van der Waals surface area (Å²) in [6.45, 7) is 4.09. The highest BCUT2D eigenvalue weighted by Crippen LogP contribution is 2.32. The number of nitrogens with one attached hydrogen (secondary N) is 1. The third-order valence-corrected chi connectivity index (χ3v) is 5.59. The Morgan fingerprint density at radius 2 is 1.96 bits per heavy atom. The lowest BCUT2D eigenvalue weighted by Crippen LogP contribution is -2.45. The Kier molecular flexibility index (Phi) is 5.25. The number of sulfonamides is 1. The lowest BCUT2D eigenvalue weighted by Gasteiger charge is -2.33. The van der Waals surface area contributed by atoms with Gasteiger partial charge in [0.1, 0.15) is 11.8 Å². The van der Waals surface area contributed by atoms with Crippen molar-refractivity contribution in [2.75, 3.05) is 18.1 Å². The average Bonchev–Trinajstić information content (AvgIpc) is 2.96. The maximum Gasteiger partial charge on any atom is 0.248 e. The van der Waals surface area contributed by atoms with Crippen LogP contribution in [-0.2, 0) is 28.3 Å². The molecule has 1 unspecified atom stereocenters. The molecule has 2 aromatic rings. The van der Waals surface area contributed by atoms with E-state index in [1.54, 1.807) is 42.2 Å². The largest absolute Gasteiger partial charge is 0.491 e. The first-order valence-electron chi connectivity index (χ1n) is 8.71. The van der Waals surface area contributed by atoms with Gasteiger partial charge >= 0.3 is 0 Å². The van der Waals surface area contributed by atoms with E-state index in [0.29, 0.717) is 23.6 Å². The van der Waals surface area contributed by atoms with Crippen molar-refractivity contribution in [1.29, 1.82) is 0 Å². The average molecular weight is 392 g/mol. The predicted molar refractivity (Wildman–Crippen MR) is 102 cm³/mol. The van der Waals surface area contributed by atoms with E-state index in [-0.39, 0.29) is 12.6 Å². The molecule has 27 heavy (non-hydrogen) atoms. The summed E-state index contributed by atoms with van der Waals surface area (Å²) < 4.78 is 33.0. The number of aromatic nitrogens is 2. The molecule has 0 saturated carbocycles. The van der Waals surface area contributed by atoms with Crippen LogP contribution in [0.3, 0.4) is 0 Å². The summed E-state index contributed by atoms with van der Waals surface area (Å²) in [7, 11) is -1.80. The summed E-state index contributed by atoms with van der Waals surface area (Å²) >= 11 is 0. The van der Waals surface area contributed by atoms with Crippen molar-refractivity contribution in [1.82, 2.24) is 13.9 Å². The Morgan fingerprint density at radius 3 is 2.56 bits per heavy atom. The number of imidazole rings is 1. The van der Waals surface area contributed by atoms with Gasteiger partial charge in [0, 0.05) is 25.7 Å². The second-order valence-electron chi connectivity index (χ2n) is 6.89. The van der Waals surface area contributed by atoms with Crippen LogP contribution >= 0.6 is 0 Å². The van der Waals surface area contributed by atoms with Crippen molar-refractivity contribution < 1.29 is 17.9 Å².